The summed E-state index contributed by atoms with van der Waals surface area (Å²) in [5.74, 6) is -0.0360. The van der Waals surface area contributed by atoms with Gasteiger partial charge in [0, 0.05) is 85.5 Å². The van der Waals surface area contributed by atoms with Crippen LogP contribution >= 0.6 is 0 Å². The lowest BCUT2D eigenvalue weighted by Gasteiger charge is -2.44. The molecular formula is C40H49F4N7O4. The van der Waals surface area contributed by atoms with E-state index in [0.29, 0.717) is 68.7 Å². The summed E-state index contributed by atoms with van der Waals surface area (Å²) in [4.78, 5) is 23.5. The molecule has 0 spiro atoms. The van der Waals surface area contributed by atoms with Crippen molar-refractivity contribution in [3.8, 4) is 11.5 Å². The predicted molar refractivity (Wildman–Crippen MR) is 202 cm³/mol. The number of hydrogen-bond acceptors (Lipinski definition) is 10. The molecule has 2 aliphatic rings. The van der Waals surface area contributed by atoms with Crippen molar-refractivity contribution >= 4 is 28.2 Å². The van der Waals surface area contributed by atoms with E-state index >= 15 is 0 Å². The van der Waals surface area contributed by atoms with E-state index < -0.39 is 23.5 Å². The third kappa shape index (κ3) is 9.99. The number of nitrogens with one attached hydrogen (secondary N) is 1. The molecule has 0 unspecified atom stereocenters. The number of nitrogens with zero attached hydrogens (tertiary/aromatic N) is 6. The lowest BCUT2D eigenvalue weighted by Crippen LogP contribution is -2.52. The Labute approximate surface area is 319 Å². The molecule has 0 aliphatic carbocycles. The van der Waals surface area contributed by atoms with Crippen LogP contribution in [0.4, 0.5) is 29.1 Å². The van der Waals surface area contributed by atoms with Gasteiger partial charge in [-0.3, -0.25) is 19.6 Å². The molecule has 4 aromatic rings. The molecule has 4 heterocycles. The van der Waals surface area contributed by atoms with E-state index in [9.17, 15) is 22.4 Å². The zero-order valence-electron chi connectivity index (χ0n) is 32.0. The minimum atomic E-state index is -4.87. The molecule has 2 fully saturated rings. The number of methoxy groups -OCH3 is 1. The molecule has 1 amide bonds. The number of carbonyl (C=O) groups excluding carboxylic acids is 1. The van der Waals surface area contributed by atoms with Crippen molar-refractivity contribution < 1.29 is 36.6 Å². The van der Waals surface area contributed by atoms with Gasteiger partial charge in [0.15, 0.2) is 17.3 Å². The minimum Gasteiger partial charge on any atom is -0.493 e. The number of benzene rings is 2. The fourth-order valence-electron chi connectivity index (χ4n) is 7.65. The molecule has 15 heteroatoms. The number of pyridine rings is 1. The van der Waals surface area contributed by atoms with Crippen molar-refractivity contribution in [1.29, 1.82) is 0 Å². The van der Waals surface area contributed by atoms with Crippen LogP contribution < -0.4 is 19.7 Å². The van der Waals surface area contributed by atoms with E-state index in [4.69, 9.17) is 24.4 Å². The molecule has 0 bridgehead atoms. The number of ether oxygens (including phenoxy) is 3. The molecular weight excluding hydrogens is 718 g/mol. The number of alkyl halides is 3. The maximum atomic E-state index is 13.8. The summed E-state index contributed by atoms with van der Waals surface area (Å²) in [6.45, 7) is 14.7. The first kappa shape index (κ1) is 40.1. The highest BCUT2D eigenvalue weighted by atomic mass is 19.4. The van der Waals surface area contributed by atoms with Gasteiger partial charge in [-0.15, -0.1) is 5.10 Å². The molecule has 2 saturated heterocycles. The van der Waals surface area contributed by atoms with E-state index in [0.717, 1.165) is 60.8 Å². The average molecular weight is 768 g/mol. The van der Waals surface area contributed by atoms with Gasteiger partial charge in [-0.05, 0) is 68.3 Å². The summed E-state index contributed by atoms with van der Waals surface area (Å²) in [6.07, 6.45) is 0.0465. The Bertz CT molecular complexity index is 1950. The molecule has 6 rings (SSSR count). The number of halogens is 4. The van der Waals surface area contributed by atoms with E-state index in [1.165, 1.54) is 0 Å². The molecule has 2 aromatic heterocycles. The monoisotopic (exact) mass is 767 g/mol. The smallest absolute Gasteiger partial charge is 0.419 e. The zero-order chi connectivity index (χ0) is 39.4. The SMILES string of the molecule is COc1cc2c(Cc3ccncc3)nnc(N3CCN(CC(=O)Nc4ccc(F)c(C(F)(F)F)c4)CC3)c2cc1OCC(C)(C)CC(C)(C)N1CCOCC1. The number of amides is 1. The third-order valence-electron chi connectivity index (χ3n) is 10.2. The normalized spacial score (nSPS) is 16.3. The maximum absolute atomic E-state index is 13.8. The Morgan fingerprint density at radius 2 is 1.58 bits per heavy atom. The molecule has 0 radical (unpaired) electrons. The molecule has 2 aliphatic heterocycles. The molecule has 55 heavy (non-hydrogen) atoms. The Balaban J connectivity index is 1.20. The minimum absolute atomic E-state index is 0.0445. The standard InChI is InChI=1S/C40H49F4N7O4/c1-38(2,25-39(3,4)51-16-18-54-19-17-51)26-55-35-23-30-29(22-34(35)53-5)33(20-27-8-10-45-11-9-27)47-48-37(30)50-14-12-49(13-15-50)24-36(52)46-28-6-7-32(41)31(21-28)40(42,43)44/h6-11,21-23H,12-20,24-26H2,1-5H3,(H,46,52). The van der Waals surface area contributed by atoms with E-state index in [2.05, 4.69) is 47.8 Å². The first-order valence-electron chi connectivity index (χ1n) is 18.5. The van der Waals surface area contributed by atoms with Crippen LogP contribution in [0.3, 0.4) is 0 Å². The highest BCUT2D eigenvalue weighted by Gasteiger charge is 2.36. The number of hydrogen-bond donors (Lipinski definition) is 1. The average Bonchev–Trinajstić information content (AvgIpc) is 3.15. The first-order valence-corrected chi connectivity index (χ1v) is 18.5. The largest absolute Gasteiger partial charge is 0.493 e. The fraction of sp³-hybridized carbons (Fsp3) is 0.500. The van der Waals surface area contributed by atoms with E-state index in [1.807, 2.05) is 29.2 Å². The number of piperazine rings is 1. The summed E-state index contributed by atoms with van der Waals surface area (Å²) in [5, 5.41) is 13.6. The molecule has 0 atom stereocenters. The molecule has 0 saturated carbocycles. The van der Waals surface area contributed by atoms with Crippen molar-refractivity contribution in [2.75, 3.05) is 83.0 Å². The summed E-state index contributed by atoms with van der Waals surface area (Å²) < 4.78 is 71.4. The second-order valence-electron chi connectivity index (χ2n) is 15.6. The molecule has 296 valence electrons. The van der Waals surface area contributed by atoms with Crippen LogP contribution in [0.5, 0.6) is 11.5 Å². The Morgan fingerprint density at radius 1 is 0.891 bits per heavy atom. The van der Waals surface area contributed by atoms with Crippen LogP contribution in [0.25, 0.3) is 10.8 Å². The number of anilines is 2. The van der Waals surface area contributed by atoms with Crippen LogP contribution in [0.2, 0.25) is 0 Å². The molecule has 2 aromatic carbocycles. The fourth-order valence-corrected chi connectivity index (χ4v) is 7.65. The van der Waals surface area contributed by atoms with Crippen LogP contribution in [0, 0.1) is 11.2 Å². The number of aromatic nitrogens is 3. The summed E-state index contributed by atoms with van der Waals surface area (Å²) in [7, 11) is 1.62. The van der Waals surface area contributed by atoms with Crippen molar-refractivity contribution in [3.05, 3.63) is 77.5 Å². The van der Waals surface area contributed by atoms with Crippen molar-refractivity contribution in [2.24, 2.45) is 5.41 Å². The highest BCUT2D eigenvalue weighted by molar-refractivity contribution is 5.96. The van der Waals surface area contributed by atoms with Gasteiger partial charge in [-0.2, -0.15) is 18.3 Å². The second-order valence-corrected chi connectivity index (χ2v) is 15.6. The Morgan fingerprint density at radius 3 is 2.25 bits per heavy atom. The summed E-state index contributed by atoms with van der Waals surface area (Å²) >= 11 is 0. The number of rotatable bonds is 13. The van der Waals surface area contributed by atoms with Gasteiger partial charge >= 0.3 is 6.18 Å². The quantitative estimate of drug-likeness (QED) is 0.153. The van der Waals surface area contributed by atoms with Gasteiger partial charge in [0.25, 0.3) is 0 Å². The predicted octanol–water partition coefficient (Wildman–Crippen LogP) is 6.45. The van der Waals surface area contributed by atoms with Gasteiger partial charge in [0.2, 0.25) is 5.91 Å². The van der Waals surface area contributed by atoms with Gasteiger partial charge in [0.1, 0.15) is 5.82 Å². The van der Waals surface area contributed by atoms with Gasteiger partial charge in [-0.1, -0.05) is 13.8 Å². The van der Waals surface area contributed by atoms with Crippen molar-refractivity contribution in [3.63, 3.8) is 0 Å². The third-order valence-corrected chi connectivity index (χ3v) is 10.2. The van der Waals surface area contributed by atoms with Crippen LogP contribution in [-0.4, -0.2) is 109 Å². The van der Waals surface area contributed by atoms with Gasteiger partial charge < -0.3 is 24.4 Å². The summed E-state index contributed by atoms with van der Waals surface area (Å²) in [6, 6.07) is 10.2. The van der Waals surface area contributed by atoms with Crippen LogP contribution in [0.1, 0.15) is 50.9 Å². The lowest BCUT2D eigenvalue weighted by atomic mass is 9.79. The van der Waals surface area contributed by atoms with E-state index in [-0.39, 0.29) is 23.2 Å². The summed E-state index contributed by atoms with van der Waals surface area (Å²) in [5.41, 5.74) is 0.0322. The van der Waals surface area contributed by atoms with Crippen LogP contribution in [-0.2, 0) is 22.1 Å². The number of fused-ring (bicyclic) bond motifs is 1. The Kier molecular flexibility index (Phi) is 12.1. The first-order chi connectivity index (χ1) is 26.1. The zero-order valence-corrected chi connectivity index (χ0v) is 32.0. The van der Waals surface area contributed by atoms with Gasteiger partial charge in [0.05, 0.1) is 44.7 Å². The molecule has 1 N–H and O–H groups in total. The highest BCUT2D eigenvalue weighted by Crippen LogP contribution is 2.40. The maximum Gasteiger partial charge on any atom is 0.419 e. The Hall–Kier alpha value is -4.60. The topological polar surface area (TPSA) is 105 Å². The van der Waals surface area contributed by atoms with Crippen molar-refractivity contribution in [1.82, 2.24) is 25.0 Å². The van der Waals surface area contributed by atoms with Crippen molar-refractivity contribution in [2.45, 2.75) is 52.3 Å². The number of carbonyl (C=O) groups is 1. The van der Waals surface area contributed by atoms with Crippen LogP contribution in [0.15, 0.2) is 54.9 Å². The van der Waals surface area contributed by atoms with E-state index in [1.54, 1.807) is 19.5 Å². The molecule has 11 nitrogen and oxygen atoms in total. The van der Waals surface area contributed by atoms with Gasteiger partial charge in [-0.25, -0.2) is 4.39 Å². The second kappa shape index (κ2) is 16.6. The lowest BCUT2D eigenvalue weighted by molar-refractivity contribution is -0.140. The number of morpholine rings is 1.